The molecule has 2 N–H and O–H groups in total. The van der Waals surface area contributed by atoms with Gasteiger partial charge in [-0.3, -0.25) is 9.88 Å². The van der Waals surface area contributed by atoms with Gasteiger partial charge in [0.1, 0.15) is 4.90 Å². The summed E-state index contributed by atoms with van der Waals surface area (Å²) in [6.07, 6.45) is 4.58. The van der Waals surface area contributed by atoms with Crippen molar-refractivity contribution >= 4 is 10.0 Å². The number of hydrogen-bond donors (Lipinski definition) is 1. The van der Waals surface area contributed by atoms with E-state index in [1.807, 2.05) is 0 Å². The molecule has 0 aliphatic carbocycles. The smallest absolute Gasteiger partial charge is 0.244 e. The predicted octanol–water partition coefficient (Wildman–Crippen LogP) is 0.399. The molecule has 6 nitrogen and oxygen atoms in total. The van der Waals surface area contributed by atoms with Crippen molar-refractivity contribution in [1.29, 1.82) is 0 Å². The first kappa shape index (κ1) is 14.9. The van der Waals surface area contributed by atoms with E-state index in [4.69, 9.17) is 5.73 Å². The van der Waals surface area contributed by atoms with Gasteiger partial charge in [0.2, 0.25) is 10.0 Å². The molecule has 2 saturated heterocycles. The van der Waals surface area contributed by atoms with Crippen molar-refractivity contribution in [2.45, 2.75) is 36.7 Å². The molecule has 0 radical (unpaired) electrons. The maximum atomic E-state index is 12.8. The van der Waals surface area contributed by atoms with Crippen LogP contribution in [0.3, 0.4) is 0 Å². The largest absolute Gasteiger partial charge is 0.325 e. The molecule has 0 saturated carbocycles. The molecule has 2 fully saturated rings. The van der Waals surface area contributed by atoms with Gasteiger partial charge in [-0.2, -0.15) is 4.31 Å². The summed E-state index contributed by atoms with van der Waals surface area (Å²) in [6.45, 7) is 3.61. The van der Waals surface area contributed by atoms with Crippen LogP contribution < -0.4 is 5.73 Å². The fraction of sp³-hybridized carbons (Fsp3) is 0.643. The lowest BCUT2D eigenvalue weighted by molar-refractivity contribution is 0.257. The van der Waals surface area contributed by atoms with Crippen molar-refractivity contribution in [1.82, 2.24) is 14.2 Å². The van der Waals surface area contributed by atoms with Gasteiger partial charge in [-0.05, 0) is 44.5 Å². The fourth-order valence-corrected chi connectivity index (χ4v) is 4.69. The highest BCUT2D eigenvalue weighted by Crippen LogP contribution is 2.25. The van der Waals surface area contributed by atoms with Crippen LogP contribution in [0.2, 0.25) is 0 Å². The number of nitrogens with zero attached hydrogens (tertiary/aromatic N) is 3. The average molecular weight is 310 g/mol. The zero-order chi connectivity index (χ0) is 14.9. The van der Waals surface area contributed by atoms with Gasteiger partial charge < -0.3 is 5.73 Å². The molecule has 0 bridgehead atoms. The van der Waals surface area contributed by atoms with Gasteiger partial charge in [-0.1, -0.05) is 0 Å². The number of hydrogen-bond acceptors (Lipinski definition) is 5. The van der Waals surface area contributed by atoms with E-state index >= 15 is 0 Å². The molecule has 1 unspecified atom stereocenters. The van der Waals surface area contributed by atoms with E-state index < -0.39 is 10.0 Å². The van der Waals surface area contributed by atoms with Crippen LogP contribution in [-0.4, -0.2) is 54.8 Å². The molecule has 2 aliphatic heterocycles. The Morgan fingerprint density at radius 3 is 2.76 bits per heavy atom. The summed E-state index contributed by atoms with van der Waals surface area (Å²) in [4.78, 5) is 6.80. The molecule has 0 spiro atoms. The highest BCUT2D eigenvalue weighted by atomic mass is 32.2. The molecule has 1 atom stereocenters. The molecule has 0 amide bonds. The zero-order valence-electron chi connectivity index (χ0n) is 12.1. The first-order chi connectivity index (χ1) is 10.1. The minimum atomic E-state index is -3.45. The molecule has 2 aliphatic rings. The van der Waals surface area contributed by atoms with Gasteiger partial charge in [-0.25, -0.2) is 8.42 Å². The predicted molar refractivity (Wildman–Crippen MR) is 80.1 cm³/mol. The van der Waals surface area contributed by atoms with E-state index in [0.717, 1.165) is 25.9 Å². The van der Waals surface area contributed by atoms with Crippen molar-refractivity contribution in [3.05, 3.63) is 24.0 Å². The van der Waals surface area contributed by atoms with Crippen LogP contribution in [0.15, 0.2) is 23.2 Å². The lowest BCUT2D eigenvalue weighted by atomic mass is 10.2. The maximum Gasteiger partial charge on any atom is 0.244 e. The number of nitrogens with two attached hydrogens (primary N) is 1. The molecular weight excluding hydrogens is 288 g/mol. The Balaban J connectivity index is 1.82. The van der Waals surface area contributed by atoms with Crippen molar-refractivity contribution in [3.8, 4) is 0 Å². The minimum absolute atomic E-state index is 0.270. The van der Waals surface area contributed by atoms with E-state index in [-0.39, 0.29) is 4.90 Å². The van der Waals surface area contributed by atoms with Crippen molar-refractivity contribution in [2.24, 2.45) is 5.73 Å². The maximum absolute atomic E-state index is 12.8. The topological polar surface area (TPSA) is 79.5 Å². The Morgan fingerprint density at radius 2 is 2.05 bits per heavy atom. The van der Waals surface area contributed by atoms with Gasteiger partial charge in [0.15, 0.2) is 0 Å². The van der Waals surface area contributed by atoms with Gasteiger partial charge in [0, 0.05) is 31.9 Å². The van der Waals surface area contributed by atoms with Gasteiger partial charge >= 0.3 is 0 Å². The van der Waals surface area contributed by atoms with Crippen LogP contribution in [-0.2, 0) is 16.6 Å². The molecule has 1 aromatic heterocycles. The quantitative estimate of drug-likeness (QED) is 0.874. The molecule has 21 heavy (non-hydrogen) atoms. The van der Waals surface area contributed by atoms with Crippen LogP contribution >= 0.6 is 0 Å². The molecule has 7 heteroatoms. The SMILES string of the molecule is NCc1ccc(S(=O)(=O)N2CCCN3CCCC3C2)cn1. The van der Waals surface area contributed by atoms with Crippen LogP contribution in [0, 0.1) is 0 Å². The molecular formula is C14H22N4O2S. The summed E-state index contributed by atoms with van der Waals surface area (Å²) in [5.41, 5.74) is 6.20. The molecule has 1 aromatic rings. The van der Waals surface area contributed by atoms with Crippen LogP contribution in [0.25, 0.3) is 0 Å². The van der Waals surface area contributed by atoms with E-state index in [1.165, 1.54) is 12.6 Å². The van der Waals surface area contributed by atoms with Gasteiger partial charge in [-0.15, -0.1) is 0 Å². The normalized spacial score (nSPS) is 24.7. The Labute approximate surface area is 126 Å². The third kappa shape index (κ3) is 2.96. The number of pyridine rings is 1. The fourth-order valence-electron chi connectivity index (χ4n) is 3.22. The van der Waals surface area contributed by atoms with E-state index in [2.05, 4.69) is 9.88 Å². The summed E-state index contributed by atoms with van der Waals surface area (Å²) in [5.74, 6) is 0. The summed E-state index contributed by atoms with van der Waals surface area (Å²) < 4.78 is 27.2. The lowest BCUT2D eigenvalue weighted by Gasteiger charge is -2.25. The van der Waals surface area contributed by atoms with Crippen molar-refractivity contribution in [2.75, 3.05) is 26.2 Å². The molecule has 0 aromatic carbocycles. The Morgan fingerprint density at radius 1 is 1.24 bits per heavy atom. The second-order valence-electron chi connectivity index (χ2n) is 5.74. The highest BCUT2D eigenvalue weighted by Gasteiger charge is 2.34. The summed E-state index contributed by atoms with van der Waals surface area (Å²) in [5, 5.41) is 0. The van der Waals surface area contributed by atoms with E-state index in [1.54, 1.807) is 16.4 Å². The van der Waals surface area contributed by atoms with Crippen LogP contribution in [0.5, 0.6) is 0 Å². The number of aromatic nitrogens is 1. The monoisotopic (exact) mass is 310 g/mol. The highest BCUT2D eigenvalue weighted by molar-refractivity contribution is 7.89. The van der Waals surface area contributed by atoms with Crippen LogP contribution in [0.4, 0.5) is 0 Å². The second-order valence-corrected chi connectivity index (χ2v) is 7.68. The van der Waals surface area contributed by atoms with E-state index in [0.29, 0.717) is 31.4 Å². The number of sulfonamides is 1. The van der Waals surface area contributed by atoms with Crippen LogP contribution in [0.1, 0.15) is 25.0 Å². The number of fused-ring (bicyclic) bond motifs is 1. The van der Waals surface area contributed by atoms with Gasteiger partial charge in [0.25, 0.3) is 0 Å². The zero-order valence-corrected chi connectivity index (χ0v) is 12.9. The average Bonchev–Trinajstić information content (AvgIpc) is 2.84. The minimum Gasteiger partial charge on any atom is -0.325 e. The molecule has 3 rings (SSSR count). The summed E-state index contributed by atoms with van der Waals surface area (Å²) in [7, 11) is -3.45. The molecule has 3 heterocycles. The Hall–Kier alpha value is -1.02. The summed E-state index contributed by atoms with van der Waals surface area (Å²) >= 11 is 0. The second kappa shape index (κ2) is 6.00. The third-order valence-electron chi connectivity index (χ3n) is 4.41. The van der Waals surface area contributed by atoms with E-state index in [9.17, 15) is 8.42 Å². The third-order valence-corrected chi connectivity index (χ3v) is 6.26. The van der Waals surface area contributed by atoms with Crippen molar-refractivity contribution in [3.63, 3.8) is 0 Å². The summed E-state index contributed by atoms with van der Waals surface area (Å²) in [6, 6.07) is 3.67. The first-order valence-electron chi connectivity index (χ1n) is 7.50. The lowest BCUT2D eigenvalue weighted by Crippen LogP contribution is -2.39. The molecule has 116 valence electrons. The standard InChI is InChI=1S/C14H22N4O2S/c15-9-12-4-5-14(10-16-12)21(19,20)18-8-2-7-17-6-1-3-13(17)11-18/h4-5,10,13H,1-3,6-9,11,15H2. The number of rotatable bonds is 3. The van der Waals surface area contributed by atoms with Crippen molar-refractivity contribution < 1.29 is 8.42 Å². The Bertz CT molecular complexity index is 587. The van der Waals surface area contributed by atoms with Gasteiger partial charge in [0.05, 0.1) is 5.69 Å². The first-order valence-corrected chi connectivity index (χ1v) is 8.94. The Kier molecular flexibility index (Phi) is 4.26.